The summed E-state index contributed by atoms with van der Waals surface area (Å²) in [6, 6.07) is 0.571. The summed E-state index contributed by atoms with van der Waals surface area (Å²) in [5.41, 5.74) is 0.592. The molecule has 0 aromatic rings. The van der Waals surface area contributed by atoms with E-state index in [9.17, 15) is 0 Å². The van der Waals surface area contributed by atoms with Crippen LogP contribution in [-0.4, -0.2) is 24.3 Å². The predicted octanol–water partition coefficient (Wildman–Crippen LogP) is 2.97. The quantitative estimate of drug-likeness (QED) is 0.684. The monoisotopic (exact) mass is 225 g/mol. The number of rotatable bonds is 0. The molecule has 2 nitrogen and oxygen atoms in total. The molecule has 1 N–H and O–H groups in total. The van der Waals surface area contributed by atoms with Crippen molar-refractivity contribution in [3.8, 4) is 0 Å². The standard InChI is InChI=1S/C14H27NO/c1-13(2,3)10-6-7-12-11(8-10)15-14(4,5)9-16-12/h10-12,15H,6-9H2,1-5H3. The van der Waals surface area contributed by atoms with Crippen molar-refractivity contribution < 1.29 is 4.74 Å². The maximum Gasteiger partial charge on any atom is 0.0729 e. The summed E-state index contributed by atoms with van der Waals surface area (Å²) in [7, 11) is 0. The van der Waals surface area contributed by atoms with E-state index in [-0.39, 0.29) is 5.54 Å². The van der Waals surface area contributed by atoms with E-state index < -0.39 is 0 Å². The van der Waals surface area contributed by atoms with Crippen LogP contribution in [0.1, 0.15) is 53.9 Å². The molecule has 3 unspecified atom stereocenters. The molecule has 0 radical (unpaired) electrons. The Morgan fingerprint density at radius 3 is 2.50 bits per heavy atom. The smallest absolute Gasteiger partial charge is 0.0729 e. The van der Waals surface area contributed by atoms with Crippen LogP contribution < -0.4 is 5.32 Å². The largest absolute Gasteiger partial charge is 0.375 e. The number of ether oxygens (including phenoxy) is 1. The molecule has 0 bridgehead atoms. The summed E-state index contributed by atoms with van der Waals surface area (Å²) in [6.45, 7) is 12.4. The highest BCUT2D eigenvalue weighted by Gasteiger charge is 2.41. The summed E-state index contributed by atoms with van der Waals surface area (Å²) >= 11 is 0. The lowest BCUT2D eigenvalue weighted by atomic mass is 9.69. The van der Waals surface area contributed by atoms with Crippen molar-refractivity contribution in [2.24, 2.45) is 11.3 Å². The van der Waals surface area contributed by atoms with Gasteiger partial charge in [0.1, 0.15) is 0 Å². The zero-order valence-corrected chi connectivity index (χ0v) is 11.5. The molecule has 0 aromatic carbocycles. The Balaban J connectivity index is 2.01. The number of morpholine rings is 1. The molecule has 0 amide bonds. The molecule has 2 fully saturated rings. The first-order chi connectivity index (χ1) is 7.28. The lowest BCUT2D eigenvalue weighted by molar-refractivity contribution is -0.0846. The van der Waals surface area contributed by atoms with Gasteiger partial charge in [0.25, 0.3) is 0 Å². The fourth-order valence-electron chi connectivity index (χ4n) is 3.14. The van der Waals surface area contributed by atoms with Gasteiger partial charge in [-0.3, -0.25) is 0 Å². The second-order valence-electron chi connectivity index (χ2n) is 7.36. The Hall–Kier alpha value is -0.0800. The van der Waals surface area contributed by atoms with Crippen molar-refractivity contribution in [1.29, 1.82) is 0 Å². The highest BCUT2D eigenvalue weighted by atomic mass is 16.5. The number of hydrogen-bond donors (Lipinski definition) is 1. The van der Waals surface area contributed by atoms with Gasteiger partial charge in [-0.05, 0) is 44.4 Å². The Morgan fingerprint density at radius 1 is 1.19 bits per heavy atom. The summed E-state index contributed by atoms with van der Waals surface area (Å²) in [5, 5.41) is 3.77. The molecule has 94 valence electrons. The fourth-order valence-corrected chi connectivity index (χ4v) is 3.14. The molecule has 0 aromatic heterocycles. The Morgan fingerprint density at radius 2 is 1.88 bits per heavy atom. The molecule has 1 aliphatic carbocycles. The van der Waals surface area contributed by atoms with Crippen LogP contribution in [-0.2, 0) is 4.74 Å². The Kier molecular flexibility index (Phi) is 3.09. The average molecular weight is 225 g/mol. The molecular weight excluding hydrogens is 198 g/mol. The predicted molar refractivity (Wildman–Crippen MR) is 67.5 cm³/mol. The topological polar surface area (TPSA) is 21.3 Å². The van der Waals surface area contributed by atoms with E-state index in [1.54, 1.807) is 0 Å². The number of hydrogen-bond acceptors (Lipinski definition) is 2. The highest BCUT2D eigenvalue weighted by molar-refractivity contribution is 4.97. The van der Waals surface area contributed by atoms with Gasteiger partial charge in [0, 0.05) is 11.6 Å². The molecule has 1 saturated heterocycles. The minimum atomic E-state index is 0.154. The van der Waals surface area contributed by atoms with Crippen molar-refractivity contribution in [2.75, 3.05) is 6.61 Å². The zero-order valence-electron chi connectivity index (χ0n) is 11.5. The van der Waals surface area contributed by atoms with E-state index in [2.05, 4.69) is 39.9 Å². The maximum atomic E-state index is 6.00. The van der Waals surface area contributed by atoms with Crippen molar-refractivity contribution in [3.05, 3.63) is 0 Å². The molecule has 2 aliphatic rings. The third-order valence-corrected chi connectivity index (χ3v) is 4.25. The molecule has 16 heavy (non-hydrogen) atoms. The van der Waals surface area contributed by atoms with Crippen LogP contribution >= 0.6 is 0 Å². The molecule has 2 heteroatoms. The molecule has 1 heterocycles. The lowest BCUT2D eigenvalue weighted by Crippen LogP contribution is -2.61. The van der Waals surface area contributed by atoms with Gasteiger partial charge in [-0.15, -0.1) is 0 Å². The number of nitrogens with one attached hydrogen (secondary N) is 1. The molecule has 0 spiro atoms. The van der Waals surface area contributed by atoms with Crippen molar-refractivity contribution in [3.63, 3.8) is 0 Å². The summed E-state index contributed by atoms with van der Waals surface area (Å²) < 4.78 is 6.00. The first-order valence-electron chi connectivity index (χ1n) is 6.67. The van der Waals surface area contributed by atoms with Gasteiger partial charge >= 0.3 is 0 Å². The van der Waals surface area contributed by atoms with Gasteiger partial charge in [0.15, 0.2) is 0 Å². The highest BCUT2D eigenvalue weighted by Crippen LogP contribution is 2.40. The van der Waals surface area contributed by atoms with Gasteiger partial charge in [0.05, 0.1) is 12.7 Å². The second-order valence-corrected chi connectivity index (χ2v) is 7.36. The van der Waals surface area contributed by atoms with E-state index in [0.29, 0.717) is 17.6 Å². The van der Waals surface area contributed by atoms with Gasteiger partial charge in [0.2, 0.25) is 0 Å². The minimum Gasteiger partial charge on any atom is -0.375 e. The minimum absolute atomic E-state index is 0.154. The summed E-state index contributed by atoms with van der Waals surface area (Å²) in [6.07, 6.45) is 4.30. The lowest BCUT2D eigenvalue weighted by Gasteiger charge is -2.48. The van der Waals surface area contributed by atoms with Crippen LogP contribution in [0, 0.1) is 11.3 Å². The third kappa shape index (κ3) is 2.60. The van der Waals surface area contributed by atoms with Crippen LogP contribution in [0.15, 0.2) is 0 Å². The number of fused-ring (bicyclic) bond motifs is 1. The van der Waals surface area contributed by atoms with Crippen molar-refractivity contribution in [2.45, 2.75) is 71.6 Å². The van der Waals surface area contributed by atoms with Crippen LogP contribution in [0.4, 0.5) is 0 Å². The van der Waals surface area contributed by atoms with E-state index in [1.165, 1.54) is 19.3 Å². The SMILES string of the molecule is CC1(C)COC2CCC(C(C)(C)C)CC2N1. The normalized spacial score (nSPS) is 39.2. The average Bonchev–Trinajstić information content (AvgIpc) is 2.13. The van der Waals surface area contributed by atoms with E-state index in [1.807, 2.05) is 0 Å². The van der Waals surface area contributed by atoms with E-state index in [0.717, 1.165) is 12.5 Å². The molecule has 1 aliphatic heterocycles. The summed E-state index contributed by atoms with van der Waals surface area (Å²) in [5.74, 6) is 0.832. The van der Waals surface area contributed by atoms with Crippen molar-refractivity contribution in [1.82, 2.24) is 5.32 Å². The van der Waals surface area contributed by atoms with Crippen molar-refractivity contribution >= 4 is 0 Å². The molecule has 2 rings (SSSR count). The Bertz CT molecular complexity index is 251. The third-order valence-electron chi connectivity index (χ3n) is 4.25. The molecule has 3 atom stereocenters. The fraction of sp³-hybridized carbons (Fsp3) is 1.00. The maximum absolute atomic E-state index is 6.00. The first kappa shape index (κ1) is 12.4. The van der Waals surface area contributed by atoms with Crippen LogP contribution in [0.3, 0.4) is 0 Å². The van der Waals surface area contributed by atoms with Gasteiger partial charge in [-0.2, -0.15) is 0 Å². The Labute approximate surface area is 100 Å². The van der Waals surface area contributed by atoms with Crippen LogP contribution in [0.25, 0.3) is 0 Å². The molecular formula is C14H27NO. The van der Waals surface area contributed by atoms with Gasteiger partial charge in [-0.25, -0.2) is 0 Å². The summed E-state index contributed by atoms with van der Waals surface area (Å²) in [4.78, 5) is 0. The van der Waals surface area contributed by atoms with Gasteiger partial charge in [-0.1, -0.05) is 20.8 Å². The molecule has 1 saturated carbocycles. The van der Waals surface area contributed by atoms with Gasteiger partial charge < -0.3 is 10.1 Å². The zero-order chi connectivity index (χ0) is 12.0. The second kappa shape index (κ2) is 3.99. The first-order valence-corrected chi connectivity index (χ1v) is 6.67. The van der Waals surface area contributed by atoms with Crippen LogP contribution in [0.2, 0.25) is 0 Å². The van der Waals surface area contributed by atoms with E-state index >= 15 is 0 Å². The van der Waals surface area contributed by atoms with E-state index in [4.69, 9.17) is 4.74 Å². The van der Waals surface area contributed by atoms with Crippen LogP contribution in [0.5, 0.6) is 0 Å².